The lowest BCUT2D eigenvalue weighted by Crippen LogP contribution is -2.36. The molecule has 1 aromatic rings. The molecule has 0 radical (unpaired) electrons. The van der Waals surface area contributed by atoms with Gasteiger partial charge in [0, 0.05) is 3.57 Å². The topological polar surface area (TPSA) is 55.1 Å². The number of carbonyl (C=O) groups excluding carboxylic acids is 1. The number of nitrogens with two attached hydrogens (primary N) is 1. The third-order valence-electron chi connectivity index (χ3n) is 2.16. The number of hydrogen-bond acceptors (Lipinski definition) is 3. The molecule has 17 heavy (non-hydrogen) atoms. The lowest BCUT2D eigenvalue weighted by molar-refractivity contribution is -0.117. The molecule has 0 aromatic heterocycles. The van der Waals surface area contributed by atoms with Crippen LogP contribution in [0.5, 0.6) is 0 Å². The summed E-state index contributed by atoms with van der Waals surface area (Å²) in [5, 5.41) is 2.70. The molecule has 0 aliphatic carbocycles. The van der Waals surface area contributed by atoms with Crippen LogP contribution in [0.3, 0.4) is 0 Å². The minimum Gasteiger partial charge on any atom is -0.324 e. The summed E-state index contributed by atoms with van der Waals surface area (Å²) in [6, 6.07) is 3.69. The molecule has 0 bridgehead atoms. The number of halogens is 2. The van der Waals surface area contributed by atoms with Gasteiger partial charge in [0.05, 0.1) is 11.7 Å². The first-order valence-electron chi connectivity index (χ1n) is 5.05. The second-order valence-corrected chi connectivity index (χ2v) is 5.65. The van der Waals surface area contributed by atoms with Crippen molar-refractivity contribution in [2.45, 2.75) is 12.5 Å². The molecule has 1 atom stereocenters. The Hall–Kier alpha value is -0.340. The van der Waals surface area contributed by atoms with E-state index in [4.69, 9.17) is 5.73 Å². The van der Waals surface area contributed by atoms with Crippen molar-refractivity contribution in [3.63, 3.8) is 0 Å². The Labute approximate surface area is 118 Å². The highest BCUT2D eigenvalue weighted by atomic mass is 127. The van der Waals surface area contributed by atoms with Gasteiger partial charge in [0.2, 0.25) is 5.91 Å². The lowest BCUT2D eigenvalue weighted by atomic mass is 10.2. The van der Waals surface area contributed by atoms with E-state index >= 15 is 0 Å². The first-order chi connectivity index (χ1) is 8.04. The van der Waals surface area contributed by atoms with E-state index in [1.807, 2.05) is 28.8 Å². The summed E-state index contributed by atoms with van der Waals surface area (Å²) >= 11 is 3.62. The molecule has 0 heterocycles. The predicted molar refractivity (Wildman–Crippen MR) is 78.7 cm³/mol. The van der Waals surface area contributed by atoms with Crippen LogP contribution in [-0.2, 0) is 4.79 Å². The van der Waals surface area contributed by atoms with E-state index in [-0.39, 0.29) is 11.7 Å². The summed E-state index contributed by atoms with van der Waals surface area (Å²) in [7, 11) is 0. The number of rotatable bonds is 5. The fourth-order valence-corrected chi connectivity index (χ4v) is 2.29. The zero-order valence-corrected chi connectivity index (χ0v) is 12.3. The number of thioether (sulfide) groups is 1. The monoisotopic (exact) mass is 368 g/mol. The minimum absolute atomic E-state index is 0.233. The van der Waals surface area contributed by atoms with Crippen LogP contribution in [0, 0.1) is 9.39 Å². The van der Waals surface area contributed by atoms with E-state index in [9.17, 15) is 9.18 Å². The number of amides is 1. The van der Waals surface area contributed by atoms with Gasteiger partial charge in [-0.25, -0.2) is 4.39 Å². The molecule has 1 amide bonds. The van der Waals surface area contributed by atoms with Gasteiger partial charge in [-0.05, 0) is 59.2 Å². The first kappa shape index (κ1) is 14.7. The molecule has 3 nitrogen and oxygen atoms in total. The van der Waals surface area contributed by atoms with E-state index in [0.717, 1.165) is 5.75 Å². The molecule has 3 N–H and O–H groups in total. The molecule has 0 aliphatic heterocycles. The maximum absolute atomic E-state index is 12.9. The Bertz CT molecular complexity index is 403. The summed E-state index contributed by atoms with van der Waals surface area (Å²) < 4.78 is 13.5. The second kappa shape index (κ2) is 7.17. The van der Waals surface area contributed by atoms with Gasteiger partial charge in [-0.15, -0.1) is 0 Å². The standard InChI is InChI=1S/C11H14FIN2OS/c1-17-5-4-9(14)11(16)15-10-3-2-7(12)6-8(10)13/h2-3,6,9H,4-5,14H2,1H3,(H,15,16)/t9-/m0/s1. The van der Waals surface area contributed by atoms with Gasteiger partial charge in [-0.1, -0.05) is 0 Å². The van der Waals surface area contributed by atoms with Gasteiger partial charge in [0.1, 0.15) is 5.82 Å². The van der Waals surface area contributed by atoms with Crippen molar-refractivity contribution >= 4 is 45.9 Å². The first-order valence-corrected chi connectivity index (χ1v) is 7.52. The molecular formula is C11H14FIN2OS. The largest absolute Gasteiger partial charge is 0.324 e. The minimum atomic E-state index is -0.525. The highest BCUT2D eigenvalue weighted by Gasteiger charge is 2.14. The van der Waals surface area contributed by atoms with Crippen LogP contribution in [0.2, 0.25) is 0 Å². The average molecular weight is 368 g/mol. The third kappa shape index (κ3) is 4.81. The Morgan fingerprint density at radius 1 is 1.65 bits per heavy atom. The van der Waals surface area contributed by atoms with E-state index in [2.05, 4.69) is 5.32 Å². The SMILES string of the molecule is CSCC[C@H](N)C(=O)Nc1ccc(F)cc1I. The molecule has 1 rings (SSSR count). The van der Waals surface area contributed by atoms with Crippen LogP contribution in [0.15, 0.2) is 18.2 Å². The van der Waals surface area contributed by atoms with Crippen LogP contribution in [0.4, 0.5) is 10.1 Å². The Morgan fingerprint density at radius 2 is 2.35 bits per heavy atom. The van der Waals surface area contributed by atoms with Crippen LogP contribution < -0.4 is 11.1 Å². The number of nitrogens with one attached hydrogen (secondary N) is 1. The van der Waals surface area contributed by atoms with Gasteiger partial charge in [0.25, 0.3) is 0 Å². The van der Waals surface area contributed by atoms with E-state index in [0.29, 0.717) is 15.7 Å². The molecule has 0 unspecified atom stereocenters. The zero-order chi connectivity index (χ0) is 12.8. The van der Waals surface area contributed by atoms with Gasteiger partial charge >= 0.3 is 0 Å². The fraction of sp³-hybridized carbons (Fsp3) is 0.364. The summed E-state index contributed by atoms with van der Waals surface area (Å²) in [5.74, 6) is 0.289. The molecule has 0 spiro atoms. The predicted octanol–water partition coefficient (Wildman–Crippen LogP) is 2.45. The second-order valence-electron chi connectivity index (χ2n) is 3.50. The van der Waals surface area contributed by atoms with Gasteiger partial charge in [0.15, 0.2) is 0 Å². The smallest absolute Gasteiger partial charge is 0.241 e. The van der Waals surface area contributed by atoms with E-state index in [1.165, 1.54) is 18.2 Å². The van der Waals surface area contributed by atoms with Crippen molar-refractivity contribution in [3.8, 4) is 0 Å². The van der Waals surface area contributed by atoms with Crippen molar-refractivity contribution in [3.05, 3.63) is 27.6 Å². The quantitative estimate of drug-likeness (QED) is 0.786. The molecule has 0 saturated heterocycles. The van der Waals surface area contributed by atoms with Gasteiger partial charge in [-0.3, -0.25) is 4.79 Å². The zero-order valence-electron chi connectivity index (χ0n) is 9.37. The Morgan fingerprint density at radius 3 is 2.94 bits per heavy atom. The number of carbonyl (C=O) groups is 1. The van der Waals surface area contributed by atoms with Crippen LogP contribution in [0.1, 0.15) is 6.42 Å². The maximum Gasteiger partial charge on any atom is 0.241 e. The summed E-state index contributed by atoms with van der Waals surface area (Å²) in [6.45, 7) is 0. The number of hydrogen-bond donors (Lipinski definition) is 2. The Balaban J connectivity index is 2.61. The van der Waals surface area contributed by atoms with Crippen molar-refractivity contribution in [2.75, 3.05) is 17.3 Å². The lowest BCUT2D eigenvalue weighted by Gasteiger charge is -2.12. The number of anilines is 1. The van der Waals surface area contributed by atoms with Crippen LogP contribution >= 0.6 is 34.4 Å². The summed E-state index contributed by atoms with van der Waals surface area (Å²) in [6.07, 6.45) is 2.60. The van der Waals surface area contributed by atoms with Crippen molar-refractivity contribution < 1.29 is 9.18 Å². The highest BCUT2D eigenvalue weighted by molar-refractivity contribution is 14.1. The van der Waals surface area contributed by atoms with E-state index < -0.39 is 6.04 Å². The molecule has 1 aromatic carbocycles. The van der Waals surface area contributed by atoms with E-state index in [1.54, 1.807) is 11.8 Å². The maximum atomic E-state index is 12.9. The Kier molecular flexibility index (Phi) is 6.21. The number of benzene rings is 1. The van der Waals surface area contributed by atoms with Crippen molar-refractivity contribution in [1.29, 1.82) is 0 Å². The summed E-state index contributed by atoms with van der Waals surface area (Å²) in [4.78, 5) is 11.7. The molecule has 6 heteroatoms. The van der Waals surface area contributed by atoms with Gasteiger partial charge in [-0.2, -0.15) is 11.8 Å². The van der Waals surface area contributed by atoms with Gasteiger partial charge < -0.3 is 11.1 Å². The van der Waals surface area contributed by atoms with Crippen molar-refractivity contribution in [1.82, 2.24) is 0 Å². The van der Waals surface area contributed by atoms with Crippen LogP contribution in [-0.4, -0.2) is 24.0 Å². The molecule has 0 saturated carbocycles. The van der Waals surface area contributed by atoms with Crippen LogP contribution in [0.25, 0.3) is 0 Å². The highest BCUT2D eigenvalue weighted by Crippen LogP contribution is 2.19. The average Bonchev–Trinajstić information content (AvgIpc) is 2.29. The third-order valence-corrected chi connectivity index (χ3v) is 3.70. The molecule has 0 fully saturated rings. The summed E-state index contributed by atoms with van der Waals surface area (Å²) in [5.41, 5.74) is 6.32. The molecule has 94 valence electrons. The van der Waals surface area contributed by atoms with Crippen molar-refractivity contribution in [2.24, 2.45) is 5.73 Å². The fourth-order valence-electron chi connectivity index (χ4n) is 1.19. The molecule has 0 aliphatic rings. The molecular weight excluding hydrogens is 354 g/mol. The normalized spacial score (nSPS) is 12.2.